The molecule has 0 aromatic heterocycles. The second-order valence-electron chi connectivity index (χ2n) is 5.77. The maximum Gasteiger partial charge on any atom is 0.0836 e. The quantitative estimate of drug-likeness (QED) is 0.864. The molecule has 98 valence electrons. The number of aryl methyl sites for hydroxylation is 1. The molecule has 18 heavy (non-hydrogen) atoms. The first-order valence-corrected chi connectivity index (χ1v) is 7.18. The molecule has 1 aromatic carbocycles. The summed E-state index contributed by atoms with van der Waals surface area (Å²) in [5, 5.41) is 3.48. The van der Waals surface area contributed by atoms with E-state index >= 15 is 0 Å². The van der Waals surface area contributed by atoms with Crippen molar-refractivity contribution in [1.82, 2.24) is 5.32 Å². The number of ether oxygens (including phenoxy) is 1. The van der Waals surface area contributed by atoms with Gasteiger partial charge in [0.05, 0.1) is 6.10 Å². The van der Waals surface area contributed by atoms with Crippen LogP contribution in [0.25, 0.3) is 0 Å². The molecule has 2 heteroatoms. The average Bonchev–Trinajstić information content (AvgIpc) is 2.65. The predicted molar refractivity (Wildman–Crippen MR) is 73.9 cm³/mol. The van der Waals surface area contributed by atoms with Gasteiger partial charge in [-0.05, 0) is 57.3 Å². The van der Waals surface area contributed by atoms with Crippen LogP contribution in [0.3, 0.4) is 0 Å². The average molecular weight is 245 g/mol. The number of piperidine rings is 1. The van der Waals surface area contributed by atoms with Crippen LogP contribution in [-0.4, -0.2) is 19.7 Å². The first-order chi connectivity index (χ1) is 8.75. The number of nitrogens with one attached hydrogen (secondary N) is 1. The van der Waals surface area contributed by atoms with Crippen molar-refractivity contribution < 1.29 is 4.74 Å². The van der Waals surface area contributed by atoms with E-state index in [2.05, 4.69) is 37.4 Å². The molecule has 1 aromatic rings. The van der Waals surface area contributed by atoms with Crippen molar-refractivity contribution in [2.75, 3.05) is 19.7 Å². The molecule has 0 bridgehead atoms. The molecule has 1 saturated heterocycles. The Morgan fingerprint density at radius 1 is 1.33 bits per heavy atom. The van der Waals surface area contributed by atoms with Crippen LogP contribution in [0, 0.1) is 6.92 Å². The second-order valence-corrected chi connectivity index (χ2v) is 5.77. The summed E-state index contributed by atoms with van der Waals surface area (Å²) in [5.41, 5.74) is 4.75. The highest BCUT2D eigenvalue weighted by atomic mass is 16.5. The standard InChI is InChI=1S/C16H23NO/c1-3-18-15-11-16(6-8-17-9-7-16)14-5-4-12(2)10-13(14)15/h4-5,10,15,17H,3,6-9,11H2,1-2H3/t15-/m0/s1. The van der Waals surface area contributed by atoms with Gasteiger partial charge in [0, 0.05) is 12.0 Å². The molecule has 1 fully saturated rings. The van der Waals surface area contributed by atoms with Crippen molar-refractivity contribution in [2.24, 2.45) is 0 Å². The van der Waals surface area contributed by atoms with E-state index in [1.54, 1.807) is 5.56 Å². The number of rotatable bonds is 2. The number of benzene rings is 1. The summed E-state index contributed by atoms with van der Waals surface area (Å²) < 4.78 is 5.99. The van der Waals surface area contributed by atoms with E-state index in [1.165, 1.54) is 30.4 Å². The Labute approximate surface area is 110 Å². The van der Waals surface area contributed by atoms with Crippen LogP contribution in [0.2, 0.25) is 0 Å². The molecule has 1 heterocycles. The molecule has 1 spiro atoms. The molecule has 1 atom stereocenters. The largest absolute Gasteiger partial charge is 0.374 e. The van der Waals surface area contributed by atoms with E-state index < -0.39 is 0 Å². The zero-order chi connectivity index (χ0) is 12.6. The lowest BCUT2D eigenvalue weighted by molar-refractivity contribution is 0.0474. The molecule has 0 unspecified atom stereocenters. The Bertz CT molecular complexity index is 435. The highest BCUT2D eigenvalue weighted by molar-refractivity contribution is 5.44. The zero-order valence-electron chi connectivity index (χ0n) is 11.5. The Morgan fingerprint density at radius 2 is 2.11 bits per heavy atom. The Balaban J connectivity index is 2.01. The van der Waals surface area contributed by atoms with Crippen LogP contribution >= 0.6 is 0 Å². The lowest BCUT2D eigenvalue weighted by atomic mass is 9.74. The summed E-state index contributed by atoms with van der Waals surface area (Å²) in [6.45, 7) is 7.38. The maximum absolute atomic E-state index is 5.99. The van der Waals surface area contributed by atoms with Gasteiger partial charge in [0.25, 0.3) is 0 Å². The van der Waals surface area contributed by atoms with Crippen LogP contribution < -0.4 is 5.32 Å². The second kappa shape index (κ2) is 4.67. The van der Waals surface area contributed by atoms with Gasteiger partial charge in [-0.3, -0.25) is 0 Å². The molecule has 2 aliphatic rings. The van der Waals surface area contributed by atoms with Gasteiger partial charge >= 0.3 is 0 Å². The van der Waals surface area contributed by atoms with Crippen LogP contribution in [0.4, 0.5) is 0 Å². The predicted octanol–water partition coefficient (Wildman–Crippen LogP) is 3.10. The summed E-state index contributed by atoms with van der Waals surface area (Å²) in [6, 6.07) is 6.96. The van der Waals surface area contributed by atoms with E-state index in [-0.39, 0.29) is 0 Å². The number of hydrogen-bond donors (Lipinski definition) is 1. The van der Waals surface area contributed by atoms with E-state index in [9.17, 15) is 0 Å². The molecular weight excluding hydrogens is 222 g/mol. The molecule has 1 aliphatic carbocycles. The molecule has 3 rings (SSSR count). The van der Waals surface area contributed by atoms with Crippen LogP contribution in [0.1, 0.15) is 49.0 Å². The van der Waals surface area contributed by atoms with Crippen LogP contribution in [0.15, 0.2) is 18.2 Å². The summed E-state index contributed by atoms with van der Waals surface area (Å²) in [4.78, 5) is 0. The SMILES string of the molecule is CCO[C@H]1CC2(CCNCC2)c2ccc(C)cc21. The normalized spacial score (nSPS) is 25.3. The first-order valence-electron chi connectivity index (χ1n) is 7.18. The van der Waals surface area contributed by atoms with Gasteiger partial charge in [0.1, 0.15) is 0 Å². The third-order valence-corrected chi connectivity index (χ3v) is 4.63. The topological polar surface area (TPSA) is 21.3 Å². The van der Waals surface area contributed by atoms with Crippen molar-refractivity contribution in [1.29, 1.82) is 0 Å². The minimum atomic E-state index is 0.322. The summed E-state index contributed by atoms with van der Waals surface area (Å²) in [6.07, 6.45) is 4.02. The lowest BCUT2D eigenvalue weighted by Gasteiger charge is -2.35. The highest BCUT2D eigenvalue weighted by Crippen LogP contribution is 2.51. The van der Waals surface area contributed by atoms with E-state index in [0.717, 1.165) is 19.7 Å². The summed E-state index contributed by atoms with van der Waals surface area (Å²) in [5.74, 6) is 0. The van der Waals surface area contributed by atoms with Crippen molar-refractivity contribution in [3.63, 3.8) is 0 Å². The van der Waals surface area contributed by atoms with Crippen LogP contribution in [-0.2, 0) is 10.2 Å². The molecule has 0 saturated carbocycles. The van der Waals surface area contributed by atoms with E-state index in [1.807, 2.05) is 0 Å². The van der Waals surface area contributed by atoms with Crippen molar-refractivity contribution in [2.45, 2.75) is 44.6 Å². The fraction of sp³-hybridized carbons (Fsp3) is 0.625. The fourth-order valence-corrected chi connectivity index (χ4v) is 3.73. The Kier molecular flexibility index (Phi) is 3.16. The van der Waals surface area contributed by atoms with E-state index in [0.29, 0.717) is 11.5 Å². The Hall–Kier alpha value is -0.860. The van der Waals surface area contributed by atoms with Gasteiger partial charge in [0.15, 0.2) is 0 Å². The van der Waals surface area contributed by atoms with Crippen molar-refractivity contribution in [3.05, 3.63) is 34.9 Å². The third-order valence-electron chi connectivity index (χ3n) is 4.63. The molecule has 1 aliphatic heterocycles. The molecular formula is C16H23NO. The minimum absolute atomic E-state index is 0.322. The van der Waals surface area contributed by atoms with Crippen molar-refractivity contribution >= 4 is 0 Å². The van der Waals surface area contributed by atoms with Gasteiger partial charge < -0.3 is 10.1 Å². The number of fused-ring (bicyclic) bond motifs is 2. The molecule has 0 amide bonds. The van der Waals surface area contributed by atoms with Gasteiger partial charge in [-0.2, -0.15) is 0 Å². The van der Waals surface area contributed by atoms with Gasteiger partial charge in [-0.15, -0.1) is 0 Å². The van der Waals surface area contributed by atoms with E-state index in [4.69, 9.17) is 4.74 Å². The minimum Gasteiger partial charge on any atom is -0.374 e. The van der Waals surface area contributed by atoms with Crippen LogP contribution in [0.5, 0.6) is 0 Å². The van der Waals surface area contributed by atoms with Crippen molar-refractivity contribution in [3.8, 4) is 0 Å². The molecule has 0 radical (unpaired) electrons. The summed E-state index contributed by atoms with van der Waals surface area (Å²) >= 11 is 0. The van der Waals surface area contributed by atoms with Gasteiger partial charge in [-0.25, -0.2) is 0 Å². The molecule has 2 nitrogen and oxygen atoms in total. The van der Waals surface area contributed by atoms with Gasteiger partial charge in [0.2, 0.25) is 0 Å². The lowest BCUT2D eigenvalue weighted by Crippen LogP contribution is -2.38. The first kappa shape index (κ1) is 12.2. The highest BCUT2D eigenvalue weighted by Gasteiger charge is 2.44. The molecule has 1 N–H and O–H groups in total. The summed E-state index contributed by atoms with van der Waals surface area (Å²) in [7, 11) is 0. The van der Waals surface area contributed by atoms with Gasteiger partial charge in [-0.1, -0.05) is 23.8 Å². The fourth-order valence-electron chi connectivity index (χ4n) is 3.73. The Morgan fingerprint density at radius 3 is 2.83 bits per heavy atom. The zero-order valence-corrected chi connectivity index (χ0v) is 11.5. The number of hydrogen-bond acceptors (Lipinski definition) is 2. The monoisotopic (exact) mass is 245 g/mol. The third kappa shape index (κ3) is 1.88. The smallest absolute Gasteiger partial charge is 0.0836 e. The maximum atomic E-state index is 5.99.